The van der Waals surface area contributed by atoms with Crippen LogP contribution < -0.4 is 5.32 Å². The van der Waals surface area contributed by atoms with E-state index in [9.17, 15) is 14.4 Å². The van der Waals surface area contributed by atoms with Gasteiger partial charge in [0.15, 0.2) is 0 Å². The van der Waals surface area contributed by atoms with Gasteiger partial charge in [-0.25, -0.2) is 9.97 Å². The first-order valence-electron chi connectivity index (χ1n) is 13.3. The van der Waals surface area contributed by atoms with Gasteiger partial charge in [-0.2, -0.15) is 0 Å². The van der Waals surface area contributed by atoms with E-state index in [0.29, 0.717) is 38.2 Å². The molecule has 1 unspecified atom stereocenters. The zero-order valence-corrected chi connectivity index (χ0v) is 25.0. The number of hydrogen-bond donors (Lipinski definition) is 1. The molecule has 1 fully saturated rings. The molecule has 10 nitrogen and oxygen atoms in total. The maximum Gasteiger partial charge on any atom is 0.255 e. The number of nitrogens with one attached hydrogen (secondary N) is 1. The number of carbonyl (C=O) groups excluding carboxylic acids is 3. The lowest BCUT2D eigenvalue weighted by Crippen LogP contribution is -2.52. The molecule has 40 heavy (non-hydrogen) atoms. The first kappa shape index (κ1) is 28.5. The third-order valence-electron chi connectivity index (χ3n) is 6.87. The Balaban J connectivity index is 1.33. The monoisotopic (exact) mass is 581 g/mol. The molecule has 3 amide bonds. The van der Waals surface area contributed by atoms with E-state index in [-0.39, 0.29) is 18.2 Å². The number of carbonyl (C=O) groups is 3. The summed E-state index contributed by atoms with van der Waals surface area (Å²) in [7, 11) is 8.17. The molecule has 1 saturated heterocycles. The molecule has 1 aromatic carbocycles. The number of thiazole rings is 2. The predicted octanol–water partition coefficient (Wildman–Crippen LogP) is 2.69. The lowest BCUT2D eigenvalue weighted by atomic mass is 10.0. The summed E-state index contributed by atoms with van der Waals surface area (Å²) in [5.74, 6) is -0.826. The van der Waals surface area contributed by atoms with Crippen molar-refractivity contribution in [3.63, 3.8) is 0 Å². The quantitative estimate of drug-likeness (QED) is 0.345. The molecule has 4 heterocycles. The maximum absolute atomic E-state index is 13.1. The summed E-state index contributed by atoms with van der Waals surface area (Å²) in [4.78, 5) is 55.0. The molecule has 5 rings (SSSR count). The summed E-state index contributed by atoms with van der Waals surface area (Å²) in [5, 5.41) is 8.80. The summed E-state index contributed by atoms with van der Waals surface area (Å²) >= 11 is 3.36. The van der Waals surface area contributed by atoms with E-state index >= 15 is 0 Å². The van der Waals surface area contributed by atoms with Crippen molar-refractivity contribution in [2.75, 3.05) is 28.2 Å². The molecule has 0 bridgehead atoms. The number of nitrogens with zero attached hydrogens (tertiary/aromatic N) is 6. The van der Waals surface area contributed by atoms with Crippen LogP contribution in [0, 0.1) is 0 Å². The van der Waals surface area contributed by atoms with Gasteiger partial charge < -0.3 is 14.7 Å². The average Bonchev–Trinajstić information content (AvgIpc) is 3.58. The number of imide groups is 1. The first-order valence-corrected chi connectivity index (χ1v) is 15.1. The van der Waals surface area contributed by atoms with Crippen molar-refractivity contribution in [1.82, 2.24) is 34.9 Å². The van der Waals surface area contributed by atoms with E-state index < -0.39 is 11.9 Å². The molecule has 3 aromatic rings. The van der Waals surface area contributed by atoms with Crippen LogP contribution in [0.2, 0.25) is 0 Å². The topological polar surface area (TPSA) is 102 Å². The van der Waals surface area contributed by atoms with Gasteiger partial charge in [-0.3, -0.25) is 24.6 Å². The van der Waals surface area contributed by atoms with Crippen molar-refractivity contribution in [3.8, 4) is 0 Å². The highest BCUT2D eigenvalue weighted by Gasteiger charge is 2.39. The van der Waals surface area contributed by atoms with Gasteiger partial charge in [0.05, 0.1) is 11.4 Å². The summed E-state index contributed by atoms with van der Waals surface area (Å²) in [6.45, 7) is 4.03. The van der Waals surface area contributed by atoms with Crippen molar-refractivity contribution < 1.29 is 14.4 Å². The van der Waals surface area contributed by atoms with Crippen LogP contribution in [-0.4, -0.2) is 81.5 Å². The lowest BCUT2D eigenvalue weighted by Gasteiger charge is -2.29. The Morgan fingerprint density at radius 1 is 0.900 bits per heavy atom. The van der Waals surface area contributed by atoms with Crippen LogP contribution >= 0.6 is 22.7 Å². The molecular weight excluding hydrogens is 546 g/mol. The predicted molar refractivity (Wildman–Crippen MR) is 154 cm³/mol. The fraction of sp³-hybridized carbons (Fsp3) is 0.464. The Labute approximate surface area is 242 Å². The van der Waals surface area contributed by atoms with Gasteiger partial charge in [0.25, 0.3) is 5.91 Å². The van der Waals surface area contributed by atoms with Gasteiger partial charge in [0.1, 0.15) is 16.1 Å². The lowest BCUT2D eigenvalue weighted by molar-refractivity contribution is -0.136. The van der Waals surface area contributed by atoms with Gasteiger partial charge >= 0.3 is 0 Å². The smallest absolute Gasteiger partial charge is 0.255 e. The van der Waals surface area contributed by atoms with E-state index in [0.717, 1.165) is 45.6 Å². The Bertz CT molecular complexity index is 1350. The van der Waals surface area contributed by atoms with Crippen LogP contribution in [-0.2, 0) is 48.9 Å². The Kier molecular flexibility index (Phi) is 8.71. The largest absolute Gasteiger partial charge is 0.322 e. The maximum atomic E-state index is 13.1. The van der Waals surface area contributed by atoms with Crippen LogP contribution in [0.15, 0.2) is 29.0 Å². The fourth-order valence-electron chi connectivity index (χ4n) is 5.14. The zero-order valence-electron chi connectivity index (χ0n) is 23.3. The van der Waals surface area contributed by atoms with Crippen molar-refractivity contribution in [1.29, 1.82) is 0 Å². The van der Waals surface area contributed by atoms with Crippen molar-refractivity contribution in [2.45, 2.75) is 58.2 Å². The van der Waals surface area contributed by atoms with Crippen molar-refractivity contribution >= 4 is 40.4 Å². The third-order valence-corrected chi connectivity index (χ3v) is 8.63. The van der Waals surface area contributed by atoms with E-state index in [4.69, 9.17) is 9.97 Å². The molecule has 1 N–H and O–H groups in total. The molecule has 2 aromatic heterocycles. The third kappa shape index (κ3) is 6.81. The molecule has 0 spiro atoms. The number of amides is 3. The molecular formula is C28H35N7O3S2. The van der Waals surface area contributed by atoms with Crippen molar-refractivity contribution in [2.24, 2.45) is 0 Å². The molecule has 2 aliphatic rings. The number of hydrogen-bond acceptors (Lipinski definition) is 10. The zero-order chi connectivity index (χ0) is 28.4. The molecule has 0 radical (unpaired) electrons. The number of rotatable bonds is 11. The van der Waals surface area contributed by atoms with Crippen molar-refractivity contribution in [3.05, 3.63) is 67.1 Å². The summed E-state index contributed by atoms with van der Waals surface area (Å²) < 4.78 is 0. The van der Waals surface area contributed by atoms with Crippen LogP contribution in [0.25, 0.3) is 0 Å². The van der Waals surface area contributed by atoms with Crippen LogP contribution in [0.3, 0.4) is 0 Å². The van der Waals surface area contributed by atoms with Crippen LogP contribution in [0.5, 0.6) is 0 Å². The minimum Gasteiger partial charge on any atom is -0.322 e. The Hall–Kier alpha value is -3.03. The van der Waals surface area contributed by atoms with Gasteiger partial charge in [0.2, 0.25) is 11.8 Å². The fourth-order valence-corrected chi connectivity index (χ4v) is 6.94. The first-order chi connectivity index (χ1) is 19.1. The summed E-state index contributed by atoms with van der Waals surface area (Å²) in [6.07, 6.45) is 0.606. The second-order valence-corrected chi connectivity index (χ2v) is 12.9. The molecule has 0 saturated carbocycles. The molecule has 0 aliphatic carbocycles. The number of aromatic nitrogens is 2. The highest BCUT2D eigenvalue weighted by Crippen LogP contribution is 2.29. The standard InChI is InChI=1S/C28H35N7O3S2/c1-32(2)14-25-29-20(16-39-25)12-34(13-21-17-40-26(30-21)15-33(3)4)10-18-5-6-22-19(9-18)11-35(28(22)38)23-7-8-24(36)31-27(23)37/h5-6,9,16-17,23H,7-8,10-15H2,1-4H3,(H,31,36,37). The second-order valence-electron chi connectivity index (χ2n) is 11.0. The van der Waals surface area contributed by atoms with Gasteiger partial charge in [-0.15, -0.1) is 22.7 Å². The minimum atomic E-state index is -0.611. The highest BCUT2D eigenvalue weighted by molar-refractivity contribution is 7.09. The molecule has 12 heteroatoms. The van der Waals surface area contributed by atoms with Crippen LogP contribution in [0.4, 0.5) is 0 Å². The van der Waals surface area contributed by atoms with Gasteiger partial charge in [-0.05, 0) is 51.8 Å². The summed E-state index contributed by atoms with van der Waals surface area (Å²) in [5.41, 5.74) is 4.69. The number of fused-ring (bicyclic) bond motifs is 1. The number of benzene rings is 1. The van der Waals surface area contributed by atoms with E-state index in [2.05, 4.69) is 36.8 Å². The van der Waals surface area contributed by atoms with Gasteiger partial charge in [0, 0.05) is 62.0 Å². The Morgan fingerprint density at radius 2 is 1.52 bits per heavy atom. The SMILES string of the molecule is CN(C)Cc1nc(CN(Cc2ccc3c(c2)CN(C2CCC(=O)NC2=O)C3=O)Cc2csc(CN(C)C)n2)cs1. The molecule has 2 aliphatic heterocycles. The molecule has 212 valence electrons. The molecule has 1 atom stereocenters. The average molecular weight is 582 g/mol. The van der Waals surface area contributed by atoms with E-state index in [1.807, 2.05) is 40.3 Å². The second kappa shape index (κ2) is 12.2. The van der Waals surface area contributed by atoms with Crippen LogP contribution in [0.1, 0.15) is 55.7 Å². The van der Waals surface area contributed by atoms with E-state index in [1.54, 1.807) is 27.6 Å². The van der Waals surface area contributed by atoms with Gasteiger partial charge in [-0.1, -0.05) is 12.1 Å². The highest BCUT2D eigenvalue weighted by atomic mass is 32.1. The normalized spacial score (nSPS) is 17.4. The summed E-state index contributed by atoms with van der Waals surface area (Å²) in [6, 6.07) is 5.32. The number of piperidine rings is 1. The minimum absolute atomic E-state index is 0.153. The van der Waals surface area contributed by atoms with E-state index in [1.165, 1.54) is 0 Å². The Morgan fingerprint density at radius 3 is 2.10 bits per heavy atom.